The summed E-state index contributed by atoms with van der Waals surface area (Å²) >= 11 is 0. The van der Waals surface area contributed by atoms with Gasteiger partial charge in [0, 0.05) is 18.9 Å². The summed E-state index contributed by atoms with van der Waals surface area (Å²) in [6.07, 6.45) is 1.02. The average Bonchev–Trinajstić information content (AvgIpc) is 2.67. The molecule has 0 N–H and O–H groups in total. The summed E-state index contributed by atoms with van der Waals surface area (Å²) in [5.41, 5.74) is 1.94. The number of pyridine rings is 1. The number of para-hydroxylation sites is 1. The molecule has 3 rings (SSSR count). The molecule has 0 aliphatic heterocycles. The van der Waals surface area contributed by atoms with E-state index >= 15 is 0 Å². The van der Waals surface area contributed by atoms with Gasteiger partial charge in [-0.3, -0.25) is 9.10 Å². The van der Waals surface area contributed by atoms with Crippen molar-refractivity contribution in [2.24, 2.45) is 0 Å². The van der Waals surface area contributed by atoms with Crippen LogP contribution in [0.4, 0.5) is 5.82 Å². The highest BCUT2D eigenvalue weighted by molar-refractivity contribution is 7.92. The van der Waals surface area contributed by atoms with Crippen molar-refractivity contribution in [3.05, 3.63) is 65.7 Å². The number of sulfonamides is 1. The number of benzene rings is 2. The number of anilines is 1. The number of carbonyl (C=O) groups excluding carboxylic acids is 1. The van der Waals surface area contributed by atoms with Gasteiger partial charge in [0.05, 0.1) is 16.0 Å². The Kier molecular flexibility index (Phi) is 5.28. The van der Waals surface area contributed by atoms with Gasteiger partial charge in [-0.2, -0.15) is 0 Å². The molecule has 2 aromatic carbocycles. The van der Waals surface area contributed by atoms with Crippen LogP contribution in [0.15, 0.2) is 59.5 Å². The summed E-state index contributed by atoms with van der Waals surface area (Å²) in [7, 11) is -2.39. The van der Waals surface area contributed by atoms with Crippen molar-refractivity contribution in [1.82, 2.24) is 4.98 Å². The second kappa shape index (κ2) is 7.48. The minimum absolute atomic E-state index is 0.114. The third-order valence-corrected chi connectivity index (χ3v) is 6.22. The third-order valence-electron chi connectivity index (χ3n) is 4.46. The standard InChI is InChI=1S/C21H22N2O3S/c1-4-7-20(24)18-14-16-8-5-6-9-19(16)22-21(18)23(3)27(25,26)17-12-10-15(2)11-13-17/h5-6,8-14H,4,7H2,1-3H3. The maximum Gasteiger partial charge on any atom is 0.265 e. The first-order valence-corrected chi connectivity index (χ1v) is 10.3. The maximum atomic E-state index is 13.1. The first-order chi connectivity index (χ1) is 12.8. The Morgan fingerprint density at radius 1 is 1.07 bits per heavy atom. The van der Waals surface area contributed by atoms with E-state index in [1.54, 1.807) is 36.4 Å². The molecule has 0 spiro atoms. The molecule has 0 bridgehead atoms. The van der Waals surface area contributed by atoms with Gasteiger partial charge >= 0.3 is 0 Å². The highest BCUT2D eigenvalue weighted by atomic mass is 32.2. The number of aryl methyl sites for hydroxylation is 1. The third kappa shape index (κ3) is 3.71. The van der Waals surface area contributed by atoms with Crippen LogP contribution in [0.5, 0.6) is 0 Å². The maximum absolute atomic E-state index is 13.1. The summed E-state index contributed by atoms with van der Waals surface area (Å²) in [5, 5.41) is 0.807. The van der Waals surface area contributed by atoms with Crippen molar-refractivity contribution in [2.45, 2.75) is 31.6 Å². The number of Topliss-reactive ketones (excluding diaryl/α,β-unsaturated/α-hetero) is 1. The Balaban J connectivity index is 2.17. The zero-order valence-corrected chi connectivity index (χ0v) is 16.5. The Morgan fingerprint density at radius 3 is 2.41 bits per heavy atom. The first kappa shape index (κ1) is 19.0. The average molecular weight is 382 g/mol. The van der Waals surface area contributed by atoms with E-state index in [9.17, 15) is 13.2 Å². The molecule has 0 unspecified atom stereocenters. The second-order valence-electron chi connectivity index (χ2n) is 6.51. The number of ketones is 1. The Labute approximate surface area is 159 Å². The normalized spacial score (nSPS) is 11.5. The van der Waals surface area contributed by atoms with Crippen molar-refractivity contribution in [2.75, 3.05) is 11.4 Å². The zero-order chi connectivity index (χ0) is 19.6. The summed E-state index contributed by atoms with van der Waals surface area (Å²) in [6.45, 7) is 3.81. The fraction of sp³-hybridized carbons (Fsp3) is 0.238. The van der Waals surface area contributed by atoms with Gasteiger partial charge in [-0.05, 0) is 37.6 Å². The molecule has 0 radical (unpaired) electrons. The molecule has 0 fully saturated rings. The Hall–Kier alpha value is -2.73. The van der Waals surface area contributed by atoms with E-state index in [-0.39, 0.29) is 16.5 Å². The molecular weight excluding hydrogens is 360 g/mol. The molecule has 0 aliphatic carbocycles. The Morgan fingerprint density at radius 2 is 1.74 bits per heavy atom. The van der Waals surface area contributed by atoms with Gasteiger partial charge in [0.15, 0.2) is 11.6 Å². The molecule has 140 valence electrons. The number of nitrogens with zero attached hydrogens (tertiary/aromatic N) is 2. The van der Waals surface area contributed by atoms with E-state index in [0.29, 0.717) is 23.9 Å². The molecule has 0 amide bonds. The van der Waals surface area contributed by atoms with E-state index in [1.807, 2.05) is 32.0 Å². The van der Waals surface area contributed by atoms with E-state index < -0.39 is 10.0 Å². The van der Waals surface area contributed by atoms with Gasteiger partial charge in [0.25, 0.3) is 10.0 Å². The molecule has 1 heterocycles. The predicted molar refractivity (Wildman–Crippen MR) is 108 cm³/mol. The molecular formula is C21H22N2O3S. The molecule has 0 saturated carbocycles. The van der Waals surface area contributed by atoms with Gasteiger partial charge in [0.2, 0.25) is 0 Å². The van der Waals surface area contributed by atoms with Gasteiger partial charge in [-0.1, -0.05) is 42.8 Å². The fourth-order valence-corrected chi connectivity index (χ4v) is 4.06. The van der Waals surface area contributed by atoms with E-state index in [1.165, 1.54) is 7.05 Å². The van der Waals surface area contributed by atoms with Crippen LogP contribution >= 0.6 is 0 Å². The van der Waals surface area contributed by atoms with Gasteiger partial charge in [-0.25, -0.2) is 13.4 Å². The van der Waals surface area contributed by atoms with Crippen LogP contribution in [-0.2, 0) is 10.0 Å². The monoisotopic (exact) mass is 382 g/mol. The number of aromatic nitrogens is 1. The van der Waals surface area contributed by atoms with Crippen molar-refractivity contribution >= 4 is 32.5 Å². The molecule has 1 aromatic heterocycles. The highest BCUT2D eigenvalue weighted by Crippen LogP contribution is 2.28. The molecule has 0 saturated heterocycles. The van der Waals surface area contributed by atoms with Crippen molar-refractivity contribution in [1.29, 1.82) is 0 Å². The SMILES string of the molecule is CCCC(=O)c1cc2ccccc2nc1N(C)S(=O)(=O)c1ccc(C)cc1. The highest BCUT2D eigenvalue weighted by Gasteiger charge is 2.26. The lowest BCUT2D eigenvalue weighted by atomic mass is 10.1. The summed E-state index contributed by atoms with van der Waals surface area (Å²) in [6, 6.07) is 15.7. The fourth-order valence-electron chi connectivity index (χ4n) is 2.89. The van der Waals surface area contributed by atoms with E-state index in [2.05, 4.69) is 4.98 Å². The topological polar surface area (TPSA) is 67.3 Å². The minimum atomic E-state index is -3.83. The van der Waals surface area contributed by atoms with Crippen LogP contribution in [0.25, 0.3) is 10.9 Å². The van der Waals surface area contributed by atoms with Crippen LogP contribution in [0, 0.1) is 6.92 Å². The van der Waals surface area contributed by atoms with Gasteiger partial charge < -0.3 is 0 Å². The number of fused-ring (bicyclic) bond motifs is 1. The van der Waals surface area contributed by atoms with Gasteiger partial charge in [0.1, 0.15) is 0 Å². The Bertz CT molecular complexity index is 1090. The lowest BCUT2D eigenvalue weighted by Crippen LogP contribution is -2.29. The summed E-state index contributed by atoms with van der Waals surface area (Å²) < 4.78 is 27.3. The van der Waals surface area contributed by atoms with E-state index in [0.717, 1.165) is 15.3 Å². The number of hydrogen-bond donors (Lipinski definition) is 0. The molecule has 3 aromatic rings. The molecule has 27 heavy (non-hydrogen) atoms. The summed E-state index contributed by atoms with van der Waals surface area (Å²) in [5.74, 6) is 0.0458. The quantitative estimate of drug-likeness (QED) is 0.595. The van der Waals surface area contributed by atoms with Crippen molar-refractivity contribution < 1.29 is 13.2 Å². The summed E-state index contributed by atoms with van der Waals surface area (Å²) in [4.78, 5) is 17.3. The number of hydrogen-bond acceptors (Lipinski definition) is 4. The van der Waals surface area contributed by atoms with Crippen molar-refractivity contribution in [3.8, 4) is 0 Å². The van der Waals surface area contributed by atoms with Crippen LogP contribution in [0.3, 0.4) is 0 Å². The smallest absolute Gasteiger partial charge is 0.265 e. The second-order valence-corrected chi connectivity index (χ2v) is 8.48. The molecule has 5 nitrogen and oxygen atoms in total. The number of carbonyl (C=O) groups is 1. The molecule has 6 heteroatoms. The lowest BCUT2D eigenvalue weighted by molar-refractivity contribution is 0.0982. The first-order valence-electron chi connectivity index (χ1n) is 8.83. The predicted octanol–water partition coefficient (Wildman–Crippen LogP) is 4.35. The molecule has 0 atom stereocenters. The van der Waals surface area contributed by atoms with Gasteiger partial charge in [-0.15, -0.1) is 0 Å². The number of rotatable bonds is 6. The zero-order valence-electron chi connectivity index (χ0n) is 15.6. The largest absolute Gasteiger partial charge is 0.294 e. The van der Waals surface area contributed by atoms with Crippen LogP contribution in [0.1, 0.15) is 35.7 Å². The van der Waals surface area contributed by atoms with E-state index in [4.69, 9.17) is 0 Å². The minimum Gasteiger partial charge on any atom is -0.294 e. The van der Waals surface area contributed by atoms with Crippen LogP contribution in [-0.4, -0.2) is 26.2 Å². The van der Waals surface area contributed by atoms with Crippen LogP contribution < -0.4 is 4.31 Å². The lowest BCUT2D eigenvalue weighted by Gasteiger charge is -2.21. The molecule has 0 aliphatic rings. The van der Waals surface area contributed by atoms with Crippen molar-refractivity contribution in [3.63, 3.8) is 0 Å². The van der Waals surface area contributed by atoms with Crippen LogP contribution in [0.2, 0.25) is 0 Å².